The molecule has 4 heteroatoms. The van der Waals surface area contributed by atoms with Crippen LogP contribution in [0, 0.1) is 11.8 Å². The Morgan fingerprint density at radius 2 is 2.22 bits per heavy atom. The molecule has 1 heterocycles. The zero-order valence-corrected chi connectivity index (χ0v) is 10.8. The van der Waals surface area contributed by atoms with E-state index in [4.69, 9.17) is 4.74 Å². The Morgan fingerprint density at radius 1 is 1.39 bits per heavy atom. The first-order valence-electron chi connectivity index (χ1n) is 6.94. The normalized spacial score (nSPS) is 33.6. The number of aliphatic hydroxyl groups is 1. The van der Waals surface area contributed by atoms with Gasteiger partial charge in [-0.15, -0.1) is 6.58 Å². The molecule has 2 bridgehead atoms. The molecule has 0 radical (unpaired) electrons. The van der Waals surface area contributed by atoms with Crippen LogP contribution >= 0.6 is 0 Å². The van der Waals surface area contributed by atoms with Crippen LogP contribution in [0.2, 0.25) is 0 Å². The molecule has 2 aliphatic rings. The second-order valence-corrected chi connectivity index (χ2v) is 5.32. The number of hydrogen-bond donors (Lipinski definition) is 2. The fourth-order valence-corrected chi connectivity index (χ4v) is 2.98. The Bertz CT molecular complexity index is 305. The Hall–Kier alpha value is -0.870. The number of aliphatic hydroxyl groups excluding tert-OH is 1. The molecule has 1 saturated heterocycles. The van der Waals surface area contributed by atoms with Gasteiger partial charge in [-0.2, -0.15) is 0 Å². The highest BCUT2D eigenvalue weighted by atomic mass is 16.6. The third-order valence-electron chi connectivity index (χ3n) is 3.99. The molecule has 4 atom stereocenters. The van der Waals surface area contributed by atoms with E-state index in [1.165, 1.54) is 0 Å². The van der Waals surface area contributed by atoms with Gasteiger partial charge >= 0.3 is 0 Å². The molecule has 0 spiro atoms. The first kappa shape index (κ1) is 13.6. The van der Waals surface area contributed by atoms with Crippen molar-refractivity contribution in [2.75, 3.05) is 6.54 Å². The topological polar surface area (TPSA) is 58.6 Å². The summed E-state index contributed by atoms with van der Waals surface area (Å²) in [6.45, 7) is 4.42. The average Bonchev–Trinajstić information content (AvgIpc) is 2.92. The first-order valence-corrected chi connectivity index (χ1v) is 6.94. The lowest BCUT2D eigenvalue weighted by atomic mass is 9.94. The van der Waals surface area contributed by atoms with E-state index in [1.54, 1.807) is 0 Å². The highest BCUT2D eigenvalue weighted by molar-refractivity contribution is 5.79. The minimum absolute atomic E-state index is 0.00997. The summed E-state index contributed by atoms with van der Waals surface area (Å²) >= 11 is 0. The molecule has 102 valence electrons. The molecule has 1 aliphatic heterocycles. The van der Waals surface area contributed by atoms with Crippen molar-refractivity contribution in [1.82, 2.24) is 5.32 Å². The van der Waals surface area contributed by atoms with Crippen LogP contribution in [0.3, 0.4) is 0 Å². The molecule has 4 nitrogen and oxygen atoms in total. The van der Waals surface area contributed by atoms with Crippen molar-refractivity contribution in [1.29, 1.82) is 0 Å². The van der Waals surface area contributed by atoms with Crippen LogP contribution in [0.15, 0.2) is 12.7 Å². The van der Waals surface area contributed by atoms with Crippen LogP contribution < -0.4 is 5.32 Å². The maximum Gasteiger partial charge on any atom is 0.223 e. The summed E-state index contributed by atoms with van der Waals surface area (Å²) in [7, 11) is 0. The Labute approximate surface area is 108 Å². The molecule has 0 aromatic heterocycles. The van der Waals surface area contributed by atoms with E-state index >= 15 is 0 Å². The minimum Gasteiger partial charge on any atom is -0.368 e. The molecule has 0 aromatic rings. The third-order valence-corrected chi connectivity index (χ3v) is 3.99. The minimum atomic E-state index is -0.730. The lowest BCUT2D eigenvalue weighted by molar-refractivity contribution is -0.157. The monoisotopic (exact) mass is 253 g/mol. The molecular formula is C14H23NO3. The predicted molar refractivity (Wildman–Crippen MR) is 68.8 cm³/mol. The van der Waals surface area contributed by atoms with Crippen LogP contribution in [0.1, 0.15) is 38.5 Å². The van der Waals surface area contributed by atoms with Gasteiger partial charge in [-0.1, -0.05) is 12.5 Å². The smallest absolute Gasteiger partial charge is 0.223 e. The van der Waals surface area contributed by atoms with Crippen LogP contribution in [0.5, 0.6) is 0 Å². The number of hydrogen-bond acceptors (Lipinski definition) is 3. The van der Waals surface area contributed by atoms with E-state index in [2.05, 4.69) is 11.9 Å². The second kappa shape index (κ2) is 6.34. The number of allylic oxidation sites excluding steroid dienone is 1. The molecule has 2 N–H and O–H groups in total. The summed E-state index contributed by atoms with van der Waals surface area (Å²) in [6.07, 6.45) is 7.20. The van der Waals surface area contributed by atoms with Gasteiger partial charge in [-0.25, -0.2) is 0 Å². The van der Waals surface area contributed by atoms with E-state index in [9.17, 15) is 9.90 Å². The van der Waals surface area contributed by atoms with Gasteiger partial charge < -0.3 is 15.2 Å². The quantitative estimate of drug-likeness (QED) is 0.535. The van der Waals surface area contributed by atoms with Gasteiger partial charge in [0.15, 0.2) is 6.29 Å². The van der Waals surface area contributed by atoms with Crippen LogP contribution in [-0.2, 0) is 9.53 Å². The van der Waals surface area contributed by atoms with E-state index in [0.29, 0.717) is 0 Å². The van der Waals surface area contributed by atoms with Crippen LogP contribution in [0.4, 0.5) is 0 Å². The molecule has 2 fully saturated rings. The zero-order chi connectivity index (χ0) is 13.0. The fourth-order valence-electron chi connectivity index (χ4n) is 2.98. The van der Waals surface area contributed by atoms with E-state index in [1.807, 2.05) is 6.08 Å². The molecule has 0 aromatic carbocycles. The summed E-state index contributed by atoms with van der Waals surface area (Å²) in [6, 6.07) is 0. The van der Waals surface area contributed by atoms with Crippen molar-refractivity contribution in [2.45, 2.75) is 50.9 Å². The second-order valence-electron chi connectivity index (χ2n) is 5.32. The van der Waals surface area contributed by atoms with Crippen LogP contribution in [0.25, 0.3) is 0 Å². The van der Waals surface area contributed by atoms with Gasteiger partial charge in [0.25, 0.3) is 0 Å². The first-order chi connectivity index (χ1) is 8.72. The number of rotatable bonds is 7. The molecular weight excluding hydrogens is 230 g/mol. The molecule has 1 amide bonds. The van der Waals surface area contributed by atoms with Gasteiger partial charge in [0.1, 0.15) is 0 Å². The Morgan fingerprint density at radius 3 is 2.89 bits per heavy atom. The predicted octanol–water partition coefficient (Wildman–Crippen LogP) is 1.59. The number of nitrogens with one attached hydrogen (secondary N) is 1. The number of unbranched alkanes of at least 4 members (excludes halogenated alkanes) is 3. The van der Waals surface area contributed by atoms with Gasteiger partial charge in [0.05, 0.1) is 6.10 Å². The number of amides is 1. The van der Waals surface area contributed by atoms with Gasteiger partial charge in [-0.05, 0) is 32.1 Å². The molecule has 2 rings (SSSR count). The Balaban J connectivity index is 1.62. The standard InChI is InChI=1S/C14H23NO3/c1-2-3-4-5-6-7-15-13(16)11-8-10-9-12(11)14(17)18-10/h2,10-12,14,17H,1,3-9H2,(H,15,16). The van der Waals surface area contributed by atoms with Crippen molar-refractivity contribution in [2.24, 2.45) is 11.8 Å². The fraction of sp³-hybridized carbons (Fsp3) is 0.786. The van der Waals surface area contributed by atoms with Crippen molar-refractivity contribution >= 4 is 5.91 Å². The average molecular weight is 253 g/mol. The number of ether oxygens (including phenoxy) is 1. The maximum absolute atomic E-state index is 12.0. The van der Waals surface area contributed by atoms with Gasteiger partial charge in [0, 0.05) is 18.4 Å². The van der Waals surface area contributed by atoms with Crippen LogP contribution in [-0.4, -0.2) is 30.0 Å². The number of fused-ring (bicyclic) bond motifs is 2. The lowest BCUT2D eigenvalue weighted by Gasteiger charge is -2.25. The van der Waals surface area contributed by atoms with Crippen molar-refractivity contribution in [3.8, 4) is 0 Å². The van der Waals surface area contributed by atoms with E-state index < -0.39 is 6.29 Å². The highest BCUT2D eigenvalue weighted by Crippen LogP contribution is 2.43. The van der Waals surface area contributed by atoms with Crippen molar-refractivity contribution in [3.63, 3.8) is 0 Å². The highest BCUT2D eigenvalue weighted by Gasteiger charge is 2.49. The lowest BCUT2D eigenvalue weighted by Crippen LogP contribution is -2.39. The molecule has 18 heavy (non-hydrogen) atoms. The van der Waals surface area contributed by atoms with E-state index in [0.717, 1.165) is 45.1 Å². The summed E-state index contributed by atoms with van der Waals surface area (Å²) in [4.78, 5) is 12.0. The summed E-state index contributed by atoms with van der Waals surface area (Å²) in [5.74, 6) is 0.0521. The SMILES string of the molecule is C=CCCCCCNC(=O)C1CC2CC1C(O)O2. The Kier molecular flexibility index (Phi) is 4.78. The van der Waals surface area contributed by atoms with Gasteiger partial charge in [0.2, 0.25) is 5.91 Å². The van der Waals surface area contributed by atoms with E-state index in [-0.39, 0.29) is 23.8 Å². The summed E-state index contributed by atoms with van der Waals surface area (Å²) < 4.78 is 5.28. The molecule has 4 unspecified atom stereocenters. The number of carbonyl (C=O) groups excluding carboxylic acids is 1. The van der Waals surface area contributed by atoms with Crippen molar-refractivity contribution < 1.29 is 14.6 Å². The number of carbonyl (C=O) groups is 1. The van der Waals surface area contributed by atoms with Crippen molar-refractivity contribution in [3.05, 3.63) is 12.7 Å². The third kappa shape index (κ3) is 3.12. The van der Waals surface area contributed by atoms with Gasteiger partial charge in [-0.3, -0.25) is 4.79 Å². The zero-order valence-electron chi connectivity index (χ0n) is 10.8. The summed E-state index contributed by atoms with van der Waals surface area (Å²) in [5, 5.41) is 12.6. The maximum atomic E-state index is 12.0. The summed E-state index contributed by atoms with van der Waals surface area (Å²) in [5.41, 5.74) is 0. The molecule has 1 aliphatic carbocycles. The largest absolute Gasteiger partial charge is 0.368 e. The molecule has 1 saturated carbocycles.